The third-order valence-electron chi connectivity index (χ3n) is 5.79. The number of carbonyl (C=O) groups is 1. The number of anilines is 1. The first-order valence-electron chi connectivity index (χ1n) is 10.9. The minimum Gasteiger partial charge on any atom is -0.366 e. The summed E-state index contributed by atoms with van der Waals surface area (Å²) in [7, 11) is 0. The Balaban J connectivity index is 1.38. The molecule has 2 aromatic carbocycles. The van der Waals surface area contributed by atoms with Crippen LogP contribution in [0.5, 0.6) is 0 Å². The van der Waals surface area contributed by atoms with Gasteiger partial charge in [0.1, 0.15) is 5.69 Å². The molecular weight excluding hydrogens is 406 g/mol. The van der Waals surface area contributed by atoms with Gasteiger partial charge in [-0.15, -0.1) is 0 Å². The Labute approximate surface area is 187 Å². The van der Waals surface area contributed by atoms with Gasteiger partial charge >= 0.3 is 0 Å². The van der Waals surface area contributed by atoms with Crippen molar-refractivity contribution in [3.05, 3.63) is 82.2 Å². The number of nitro groups is 1. The zero-order chi connectivity index (χ0) is 22.5. The zero-order valence-electron chi connectivity index (χ0n) is 18.1. The summed E-state index contributed by atoms with van der Waals surface area (Å²) in [4.78, 5) is 25.9. The summed E-state index contributed by atoms with van der Waals surface area (Å²) in [6, 6.07) is 14.6. The van der Waals surface area contributed by atoms with Gasteiger partial charge in [0.2, 0.25) is 0 Å². The molecule has 1 saturated heterocycles. The molecular formula is C24H27N5O3. The molecule has 1 atom stereocenters. The molecule has 0 radical (unpaired) electrons. The molecule has 32 heavy (non-hydrogen) atoms. The number of aromatic nitrogens is 2. The fourth-order valence-corrected chi connectivity index (χ4v) is 4.12. The van der Waals surface area contributed by atoms with Crippen molar-refractivity contribution in [1.82, 2.24) is 15.1 Å². The highest BCUT2D eigenvalue weighted by Gasteiger charge is 2.25. The maximum atomic E-state index is 12.6. The predicted octanol–water partition coefficient (Wildman–Crippen LogP) is 3.99. The van der Waals surface area contributed by atoms with E-state index >= 15 is 0 Å². The fraction of sp³-hybridized carbons (Fsp3) is 0.333. The van der Waals surface area contributed by atoms with Crippen molar-refractivity contribution in [2.24, 2.45) is 5.92 Å². The number of nitro benzene ring substituents is 1. The summed E-state index contributed by atoms with van der Waals surface area (Å²) in [6.07, 6.45) is 6.47. The maximum Gasteiger partial charge on any atom is 0.293 e. The first-order chi connectivity index (χ1) is 15.5. The van der Waals surface area contributed by atoms with Gasteiger partial charge < -0.3 is 10.2 Å². The summed E-state index contributed by atoms with van der Waals surface area (Å²) >= 11 is 0. The van der Waals surface area contributed by atoms with Crippen LogP contribution in [0.3, 0.4) is 0 Å². The van der Waals surface area contributed by atoms with Crippen LogP contribution in [0, 0.1) is 16.0 Å². The summed E-state index contributed by atoms with van der Waals surface area (Å²) in [5, 5.41) is 18.9. The van der Waals surface area contributed by atoms with E-state index < -0.39 is 4.92 Å². The highest BCUT2D eigenvalue weighted by atomic mass is 16.6. The molecule has 0 spiro atoms. The molecule has 1 aliphatic rings. The number of benzene rings is 2. The molecule has 1 aromatic heterocycles. The molecule has 1 unspecified atom stereocenters. The Kier molecular flexibility index (Phi) is 6.49. The molecule has 1 aliphatic heterocycles. The number of para-hydroxylation sites is 1. The lowest BCUT2D eigenvalue weighted by atomic mass is 9.99. The number of hydrogen-bond acceptors (Lipinski definition) is 5. The summed E-state index contributed by atoms with van der Waals surface area (Å²) in [5.74, 6) is 0.180. The lowest BCUT2D eigenvalue weighted by molar-refractivity contribution is -0.384. The van der Waals surface area contributed by atoms with Crippen LogP contribution in [0.15, 0.2) is 60.9 Å². The van der Waals surface area contributed by atoms with Gasteiger partial charge in [-0.25, -0.2) is 4.68 Å². The predicted molar refractivity (Wildman–Crippen MR) is 123 cm³/mol. The van der Waals surface area contributed by atoms with E-state index in [1.807, 2.05) is 36.5 Å². The van der Waals surface area contributed by atoms with E-state index in [-0.39, 0.29) is 11.6 Å². The van der Waals surface area contributed by atoms with Gasteiger partial charge in [0.15, 0.2) is 0 Å². The van der Waals surface area contributed by atoms with Crippen molar-refractivity contribution in [2.45, 2.75) is 26.2 Å². The molecule has 0 saturated carbocycles. The monoisotopic (exact) mass is 433 g/mol. The third-order valence-corrected chi connectivity index (χ3v) is 5.79. The second kappa shape index (κ2) is 9.64. The van der Waals surface area contributed by atoms with Crippen LogP contribution in [-0.4, -0.2) is 40.2 Å². The first kappa shape index (κ1) is 21.5. The van der Waals surface area contributed by atoms with Gasteiger partial charge in [-0.05, 0) is 55.0 Å². The number of nitrogens with zero attached hydrogens (tertiary/aromatic N) is 4. The number of nitrogens with one attached hydrogen (secondary N) is 1. The van der Waals surface area contributed by atoms with Crippen molar-refractivity contribution >= 4 is 17.3 Å². The number of carbonyl (C=O) groups excluding carboxylic acids is 1. The Morgan fingerprint density at radius 2 is 2.06 bits per heavy atom. The molecule has 2 heterocycles. The van der Waals surface area contributed by atoms with Crippen molar-refractivity contribution in [3.63, 3.8) is 0 Å². The molecule has 0 bridgehead atoms. The Hall–Kier alpha value is -3.68. The van der Waals surface area contributed by atoms with Gasteiger partial charge in [-0.3, -0.25) is 14.9 Å². The van der Waals surface area contributed by atoms with Crippen LogP contribution in [0.2, 0.25) is 0 Å². The quantitative estimate of drug-likeness (QED) is 0.449. The topological polar surface area (TPSA) is 93.3 Å². The van der Waals surface area contributed by atoms with Gasteiger partial charge in [0.25, 0.3) is 11.6 Å². The van der Waals surface area contributed by atoms with E-state index in [1.165, 1.54) is 6.07 Å². The third kappa shape index (κ3) is 4.96. The highest BCUT2D eigenvalue weighted by Crippen LogP contribution is 2.32. The summed E-state index contributed by atoms with van der Waals surface area (Å²) < 4.78 is 1.79. The van der Waals surface area contributed by atoms with E-state index in [0.717, 1.165) is 37.2 Å². The smallest absolute Gasteiger partial charge is 0.293 e. The minimum absolute atomic E-state index is 0.0177. The molecule has 3 aromatic rings. The Bertz CT molecular complexity index is 1100. The van der Waals surface area contributed by atoms with E-state index in [0.29, 0.717) is 30.1 Å². The average Bonchev–Trinajstić information content (AvgIpc) is 3.28. The molecule has 166 valence electrons. The standard InChI is InChI=1S/C24H27N5O3/c1-18-6-5-13-27(16-18)22-10-9-20(14-23(22)29(31)32)24(30)25-12-11-19-15-26-28(17-19)21-7-3-2-4-8-21/h2-4,7-10,14-15,17-18H,5-6,11-13,16H2,1H3,(H,25,30). The number of hydrogen-bond donors (Lipinski definition) is 1. The molecule has 4 rings (SSSR count). The van der Waals surface area contributed by atoms with E-state index in [1.54, 1.807) is 23.0 Å². The van der Waals surface area contributed by atoms with E-state index in [4.69, 9.17) is 0 Å². The average molecular weight is 434 g/mol. The maximum absolute atomic E-state index is 12.6. The SMILES string of the molecule is CC1CCCN(c2ccc(C(=O)NCCc3cnn(-c4ccccc4)c3)cc2[N+](=O)[O-])C1. The van der Waals surface area contributed by atoms with Crippen LogP contribution in [-0.2, 0) is 6.42 Å². The van der Waals surface area contributed by atoms with Gasteiger partial charge in [0, 0.05) is 37.5 Å². The number of rotatable bonds is 7. The van der Waals surface area contributed by atoms with E-state index in [2.05, 4.69) is 22.2 Å². The van der Waals surface area contributed by atoms with Gasteiger partial charge in [-0.1, -0.05) is 25.1 Å². The second-order valence-electron chi connectivity index (χ2n) is 8.29. The van der Waals surface area contributed by atoms with Crippen LogP contribution in [0.25, 0.3) is 5.69 Å². The number of piperidine rings is 1. The fourth-order valence-electron chi connectivity index (χ4n) is 4.12. The number of amides is 1. The van der Waals surface area contributed by atoms with Crippen LogP contribution < -0.4 is 10.2 Å². The zero-order valence-corrected chi connectivity index (χ0v) is 18.1. The van der Waals surface area contributed by atoms with Crippen LogP contribution >= 0.6 is 0 Å². The molecule has 1 N–H and O–H groups in total. The summed E-state index contributed by atoms with van der Waals surface area (Å²) in [6.45, 7) is 4.16. The lowest BCUT2D eigenvalue weighted by Gasteiger charge is -2.32. The van der Waals surface area contributed by atoms with Crippen molar-refractivity contribution in [2.75, 3.05) is 24.5 Å². The Morgan fingerprint density at radius 3 is 2.81 bits per heavy atom. The van der Waals surface area contributed by atoms with Crippen LogP contribution in [0.1, 0.15) is 35.7 Å². The van der Waals surface area contributed by atoms with Crippen molar-refractivity contribution < 1.29 is 9.72 Å². The minimum atomic E-state index is -0.399. The normalized spacial score (nSPS) is 16.0. The van der Waals surface area contributed by atoms with E-state index in [9.17, 15) is 14.9 Å². The van der Waals surface area contributed by atoms with Gasteiger partial charge in [-0.2, -0.15) is 5.10 Å². The molecule has 0 aliphatic carbocycles. The molecule has 8 heteroatoms. The Morgan fingerprint density at radius 1 is 1.25 bits per heavy atom. The molecule has 8 nitrogen and oxygen atoms in total. The van der Waals surface area contributed by atoms with Crippen molar-refractivity contribution in [1.29, 1.82) is 0 Å². The lowest BCUT2D eigenvalue weighted by Crippen LogP contribution is -2.34. The van der Waals surface area contributed by atoms with Crippen molar-refractivity contribution in [3.8, 4) is 5.69 Å². The van der Waals surface area contributed by atoms with Crippen LogP contribution in [0.4, 0.5) is 11.4 Å². The second-order valence-corrected chi connectivity index (χ2v) is 8.29. The molecule has 1 amide bonds. The largest absolute Gasteiger partial charge is 0.366 e. The summed E-state index contributed by atoms with van der Waals surface area (Å²) in [5.41, 5.74) is 2.83. The molecule has 1 fully saturated rings. The first-order valence-corrected chi connectivity index (χ1v) is 10.9. The highest BCUT2D eigenvalue weighted by molar-refractivity contribution is 5.95. The van der Waals surface area contributed by atoms with Gasteiger partial charge in [0.05, 0.1) is 16.8 Å².